The topological polar surface area (TPSA) is 128 Å². The van der Waals surface area contributed by atoms with E-state index in [4.69, 9.17) is 10.2 Å². The number of rotatable bonds is 7. The minimum atomic E-state index is -1.30. The normalized spacial score (nSPS) is 13.0. The summed E-state index contributed by atoms with van der Waals surface area (Å²) in [6, 6.07) is 3.27. The Labute approximate surface area is 159 Å². The maximum Gasteiger partial charge on any atom is 0.405 e. The van der Waals surface area contributed by atoms with Crippen LogP contribution in [0.25, 0.3) is 0 Å². The van der Waals surface area contributed by atoms with E-state index in [0.717, 1.165) is 9.13 Å². The monoisotopic (exact) mass is 463 g/mol. The fraction of sp³-hybridized carbons (Fsp3) is 0.438. The molecule has 0 radical (unpaired) electrons. The largest absolute Gasteiger partial charge is 0.465 e. The zero-order chi connectivity index (χ0) is 19.1. The number of benzene rings is 1. The van der Waals surface area contributed by atoms with Crippen LogP contribution >= 0.6 is 22.6 Å². The maximum absolute atomic E-state index is 12.2. The molecule has 0 unspecified atom stereocenters. The number of anilines is 1. The molecule has 0 saturated heterocycles. The molecular weight excluding hydrogens is 441 g/mol. The van der Waals surface area contributed by atoms with Gasteiger partial charge in [-0.1, -0.05) is 19.9 Å². The molecule has 1 aromatic carbocycles. The van der Waals surface area contributed by atoms with Crippen molar-refractivity contribution in [1.29, 1.82) is 0 Å². The van der Waals surface area contributed by atoms with Gasteiger partial charge in [0.05, 0.1) is 6.61 Å². The van der Waals surface area contributed by atoms with Crippen molar-refractivity contribution in [2.24, 2.45) is 5.92 Å². The van der Waals surface area contributed by atoms with Gasteiger partial charge in [0.25, 0.3) is 0 Å². The van der Waals surface area contributed by atoms with E-state index >= 15 is 0 Å². The van der Waals surface area contributed by atoms with Crippen molar-refractivity contribution >= 4 is 46.2 Å². The van der Waals surface area contributed by atoms with Crippen molar-refractivity contribution in [1.82, 2.24) is 10.6 Å². The second-order valence-corrected chi connectivity index (χ2v) is 7.02. The molecule has 2 atom stereocenters. The molecule has 9 heteroatoms. The summed E-state index contributed by atoms with van der Waals surface area (Å²) in [6.07, 6.45) is -1.30. The van der Waals surface area contributed by atoms with Crippen LogP contribution in [0.3, 0.4) is 0 Å². The van der Waals surface area contributed by atoms with Gasteiger partial charge in [-0.3, -0.25) is 9.59 Å². The van der Waals surface area contributed by atoms with Crippen LogP contribution in [0, 0.1) is 9.49 Å². The van der Waals surface area contributed by atoms with E-state index in [9.17, 15) is 14.4 Å². The van der Waals surface area contributed by atoms with Crippen LogP contribution in [0.5, 0.6) is 0 Å². The second-order valence-electron chi connectivity index (χ2n) is 5.86. The van der Waals surface area contributed by atoms with E-state index < -0.39 is 30.0 Å². The standard InChI is InChI=1S/C16H22IN3O5/c1-8(2)13(20-16(24)25)15(23)18-9(3)14(22)19-11-5-4-10(7-21)12(17)6-11/h4-6,8-9,13,20-21H,7H2,1-3H3,(H,18,23)(H,19,22)(H,24,25)/t9-,13-/m0/s1. The first-order chi connectivity index (χ1) is 11.6. The van der Waals surface area contributed by atoms with E-state index in [2.05, 4.69) is 38.5 Å². The zero-order valence-electron chi connectivity index (χ0n) is 14.2. The summed E-state index contributed by atoms with van der Waals surface area (Å²) in [7, 11) is 0. The summed E-state index contributed by atoms with van der Waals surface area (Å²) in [5, 5.41) is 25.3. The van der Waals surface area contributed by atoms with Gasteiger partial charge in [0.2, 0.25) is 11.8 Å². The van der Waals surface area contributed by atoms with Crippen LogP contribution in [0.2, 0.25) is 0 Å². The first-order valence-corrected chi connectivity index (χ1v) is 8.73. The first kappa shape index (κ1) is 21.2. The molecule has 0 fully saturated rings. The van der Waals surface area contributed by atoms with Gasteiger partial charge in [0.15, 0.2) is 0 Å². The van der Waals surface area contributed by atoms with Crippen LogP contribution in [0.1, 0.15) is 26.3 Å². The predicted molar refractivity (Wildman–Crippen MR) is 101 cm³/mol. The van der Waals surface area contributed by atoms with E-state index in [-0.39, 0.29) is 12.5 Å². The average Bonchev–Trinajstić information content (AvgIpc) is 2.52. The minimum Gasteiger partial charge on any atom is -0.465 e. The van der Waals surface area contributed by atoms with Crippen molar-refractivity contribution in [3.63, 3.8) is 0 Å². The van der Waals surface area contributed by atoms with E-state index in [1.807, 2.05) is 0 Å². The number of amides is 3. The molecule has 0 heterocycles. The van der Waals surface area contributed by atoms with Crippen molar-refractivity contribution in [3.8, 4) is 0 Å². The lowest BCUT2D eigenvalue weighted by Crippen LogP contribution is -2.53. The molecule has 1 aromatic rings. The van der Waals surface area contributed by atoms with Gasteiger partial charge in [0.1, 0.15) is 12.1 Å². The van der Waals surface area contributed by atoms with Crippen molar-refractivity contribution < 1.29 is 24.6 Å². The summed E-state index contributed by atoms with van der Waals surface area (Å²) in [5.41, 5.74) is 1.29. The third-order valence-corrected chi connectivity index (χ3v) is 4.48. The van der Waals surface area contributed by atoms with Crippen LogP contribution in [-0.4, -0.2) is 40.2 Å². The van der Waals surface area contributed by atoms with Gasteiger partial charge in [-0.2, -0.15) is 0 Å². The lowest BCUT2D eigenvalue weighted by molar-refractivity contribution is -0.128. The highest BCUT2D eigenvalue weighted by Gasteiger charge is 2.26. The highest BCUT2D eigenvalue weighted by atomic mass is 127. The molecule has 0 aliphatic heterocycles. The van der Waals surface area contributed by atoms with Crippen LogP contribution in [-0.2, 0) is 16.2 Å². The van der Waals surface area contributed by atoms with Gasteiger partial charge in [-0.05, 0) is 53.1 Å². The Bertz CT molecular complexity index is 651. The highest BCUT2D eigenvalue weighted by Crippen LogP contribution is 2.18. The molecule has 0 aliphatic rings. The number of carbonyl (C=O) groups is 3. The van der Waals surface area contributed by atoms with Crippen molar-refractivity contribution in [2.75, 3.05) is 5.32 Å². The fourth-order valence-corrected chi connectivity index (χ4v) is 2.73. The molecular formula is C16H22IN3O5. The first-order valence-electron chi connectivity index (χ1n) is 7.65. The van der Waals surface area contributed by atoms with E-state index in [1.165, 1.54) is 6.92 Å². The summed E-state index contributed by atoms with van der Waals surface area (Å²) >= 11 is 2.05. The summed E-state index contributed by atoms with van der Waals surface area (Å²) in [4.78, 5) is 35.2. The lowest BCUT2D eigenvalue weighted by atomic mass is 10.0. The van der Waals surface area contributed by atoms with Gasteiger partial charge in [-0.25, -0.2) is 4.79 Å². The van der Waals surface area contributed by atoms with Gasteiger partial charge < -0.3 is 26.2 Å². The minimum absolute atomic E-state index is 0.0911. The van der Waals surface area contributed by atoms with E-state index in [0.29, 0.717) is 5.69 Å². The quantitative estimate of drug-likeness (QED) is 0.392. The number of carbonyl (C=O) groups excluding carboxylic acids is 2. The number of aliphatic hydroxyl groups is 1. The molecule has 0 aliphatic carbocycles. The summed E-state index contributed by atoms with van der Waals surface area (Å²) < 4.78 is 0.806. The van der Waals surface area contributed by atoms with Gasteiger partial charge in [-0.15, -0.1) is 0 Å². The van der Waals surface area contributed by atoms with Crippen molar-refractivity contribution in [3.05, 3.63) is 27.3 Å². The number of aliphatic hydroxyl groups excluding tert-OH is 1. The average molecular weight is 463 g/mol. The predicted octanol–water partition coefficient (Wildman–Crippen LogP) is 1.52. The Morgan fingerprint density at radius 3 is 2.24 bits per heavy atom. The van der Waals surface area contributed by atoms with Gasteiger partial charge in [0, 0.05) is 9.26 Å². The Morgan fingerprint density at radius 2 is 1.76 bits per heavy atom. The van der Waals surface area contributed by atoms with Crippen LogP contribution < -0.4 is 16.0 Å². The molecule has 0 bridgehead atoms. The molecule has 3 amide bonds. The lowest BCUT2D eigenvalue weighted by Gasteiger charge is -2.22. The number of halogens is 1. The molecule has 0 saturated carbocycles. The molecule has 0 aromatic heterocycles. The Morgan fingerprint density at radius 1 is 1.12 bits per heavy atom. The number of hydrogen-bond acceptors (Lipinski definition) is 4. The number of hydrogen-bond donors (Lipinski definition) is 5. The molecule has 8 nitrogen and oxygen atoms in total. The Hall–Kier alpha value is -1.88. The number of nitrogens with one attached hydrogen (secondary N) is 3. The molecule has 25 heavy (non-hydrogen) atoms. The second kappa shape index (κ2) is 9.56. The maximum atomic E-state index is 12.2. The third kappa shape index (κ3) is 6.50. The highest BCUT2D eigenvalue weighted by molar-refractivity contribution is 14.1. The molecule has 5 N–H and O–H groups in total. The summed E-state index contributed by atoms with van der Waals surface area (Å²) in [5.74, 6) is -1.26. The Balaban J connectivity index is 2.71. The molecule has 138 valence electrons. The summed E-state index contributed by atoms with van der Waals surface area (Å²) in [6.45, 7) is 4.83. The Kier molecular flexibility index (Phi) is 8.10. The molecule has 1 rings (SSSR count). The third-order valence-electron chi connectivity index (χ3n) is 3.47. The SMILES string of the molecule is CC(C)[C@H](NC(=O)O)C(=O)N[C@@H](C)C(=O)Nc1ccc(CO)c(I)c1. The van der Waals surface area contributed by atoms with Gasteiger partial charge >= 0.3 is 6.09 Å². The zero-order valence-corrected chi connectivity index (χ0v) is 16.3. The smallest absolute Gasteiger partial charge is 0.405 e. The fourth-order valence-electron chi connectivity index (χ4n) is 2.04. The number of carboxylic acid groups (broad SMARTS) is 1. The van der Waals surface area contributed by atoms with Crippen molar-refractivity contribution in [2.45, 2.75) is 39.5 Å². The van der Waals surface area contributed by atoms with E-state index in [1.54, 1.807) is 32.0 Å². The molecule has 0 spiro atoms. The van der Waals surface area contributed by atoms with Crippen LogP contribution in [0.15, 0.2) is 18.2 Å². The van der Waals surface area contributed by atoms with Crippen LogP contribution in [0.4, 0.5) is 10.5 Å².